The normalized spacial score (nSPS) is 14.0. The van der Waals surface area contributed by atoms with E-state index in [9.17, 15) is 0 Å². The van der Waals surface area contributed by atoms with E-state index in [4.69, 9.17) is 14.7 Å². The van der Waals surface area contributed by atoms with Gasteiger partial charge in [-0.3, -0.25) is 0 Å². The average molecular weight is 366 g/mol. The van der Waals surface area contributed by atoms with E-state index in [1.54, 1.807) is 0 Å². The minimum absolute atomic E-state index is 0.526. The number of pyridine rings is 1. The van der Waals surface area contributed by atoms with Crippen molar-refractivity contribution in [3.8, 4) is 11.8 Å². The number of rotatable bonds is 9. The smallest absolute Gasteiger partial charge is 0.133 e. The van der Waals surface area contributed by atoms with Gasteiger partial charge in [0.25, 0.3) is 0 Å². The molecular weight excluding hydrogens is 340 g/mol. The first kappa shape index (κ1) is 19.2. The van der Waals surface area contributed by atoms with E-state index in [-0.39, 0.29) is 0 Å². The summed E-state index contributed by atoms with van der Waals surface area (Å²) in [5, 5.41) is 12.1. The van der Waals surface area contributed by atoms with E-state index >= 15 is 0 Å². The molecule has 2 heterocycles. The standard InChI is InChI=1S/C21H26N4O2/c22-8-1-2-12-27-20-7-3-5-18(15-20)16-23-17-19-6-4-9-24-21(19)25-10-13-26-14-11-25/h3-7,9,15,23H,1-2,10-14,16-17H2. The molecule has 1 N–H and O–H groups in total. The minimum atomic E-state index is 0.526. The summed E-state index contributed by atoms with van der Waals surface area (Å²) in [6.45, 7) is 5.36. The molecule has 0 amide bonds. The molecule has 0 radical (unpaired) electrons. The fourth-order valence-corrected chi connectivity index (χ4v) is 3.06. The summed E-state index contributed by atoms with van der Waals surface area (Å²) in [5.41, 5.74) is 2.37. The van der Waals surface area contributed by atoms with Crippen molar-refractivity contribution in [1.82, 2.24) is 10.3 Å². The first-order valence-electron chi connectivity index (χ1n) is 9.43. The van der Waals surface area contributed by atoms with Gasteiger partial charge in [-0.2, -0.15) is 5.26 Å². The highest BCUT2D eigenvalue weighted by atomic mass is 16.5. The maximum atomic E-state index is 8.57. The van der Waals surface area contributed by atoms with Gasteiger partial charge in [0.15, 0.2) is 0 Å². The van der Waals surface area contributed by atoms with Crippen molar-refractivity contribution in [3.05, 3.63) is 53.7 Å². The van der Waals surface area contributed by atoms with E-state index < -0.39 is 0 Å². The number of nitrogens with one attached hydrogen (secondary N) is 1. The first-order chi connectivity index (χ1) is 13.4. The van der Waals surface area contributed by atoms with Crippen LogP contribution < -0.4 is 15.0 Å². The lowest BCUT2D eigenvalue weighted by Gasteiger charge is -2.29. The van der Waals surface area contributed by atoms with Gasteiger partial charge in [-0.05, 0) is 30.2 Å². The van der Waals surface area contributed by atoms with Crippen molar-refractivity contribution in [3.63, 3.8) is 0 Å². The number of benzene rings is 1. The number of unbranched alkanes of at least 4 members (excludes halogenated alkanes) is 1. The Labute approximate surface area is 160 Å². The Morgan fingerprint density at radius 3 is 2.93 bits per heavy atom. The SMILES string of the molecule is N#CCCCOc1cccc(CNCc2cccnc2N2CCOCC2)c1. The van der Waals surface area contributed by atoms with Gasteiger partial charge in [-0.1, -0.05) is 18.2 Å². The topological polar surface area (TPSA) is 70.4 Å². The number of anilines is 1. The van der Waals surface area contributed by atoms with Crippen molar-refractivity contribution in [1.29, 1.82) is 5.26 Å². The molecule has 142 valence electrons. The van der Waals surface area contributed by atoms with Crippen molar-refractivity contribution in [2.45, 2.75) is 25.9 Å². The predicted octanol–water partition coefficient (Wildman–Crippen LogP) is 2.89. The van der Waals surface area contributed by atoms with Gasteiger partial charge in [0, 0.05) is 44.4 Å². The van der Waals surface area contributed by atoms with Crippen LogP contribution in [-0.2, 0) is 17.8 Å². The number of morpholine rings is 1. The summed E-state index contributed by atoms with van der Waals surface area (Å²) >= 11 is 0. The van der Waals surface area contributed by atoms with Gasteiger partial charge in [0.05, 0.1) is 25.9 Å². The molecule has 1 saturated heterocycles. The van der Waals surface area contributed by atoms with Gasteiger partial charge >= 0.3 is 0 Å². The molecule has 0 unspecified atom stereocenters. The van der Waals surface area contributed by atoms with Crippen LogP contribution in [0.5, 0.6) is 5.75 Å². The highest BCUT2D eigenvalue weighted by Gasteiger charge is 2.15. The Hall–Kier alpha value is -2.62. The van der Waals surface area contributed by atoms with Crippen LogP contribution in [0.3, 0.4) is 0 Å². The second-order valence-electron chi connectivity index (χ2n) is 6.45. The molecule has 1 aromatic heterocycles. The molecule has 0 saturated carbocycles. The molecule has 6 heteroatoms. The first-order valence-corrected chi connectivity index (χ1v) is 9.43. The van der Waals surface area contributed by atoms with Crippen LogP contribution in [0.2, 0.25) is 0 Å². The fraction of sp³-hybridized carbons (Fsp3) is 0.429. The van der Waals surface area contributed by atoms with Crippen LogP contribution in [0.15, 0.2) is 42.6 Å². The summed E-state index contributed by atoms with van der Waals surface area (Å²) in [7, 11) is 0. The summed E-state index contributed by atoms with van der Waals surface area (Å²) in [5.74, 6) is 1.89. The number of nitriles is 1. The number of aromatic nitrogens is 1. The summed E-state index contributed by atoms with van der Waals surface area (Å²) in [4.78, 5) is 6.87. The molecule has 2 aromatic rings. The molecule has 0 bridgehead atoms. The van der Waals surface area contributed by atoms with Gasteiger partial charge in [0.1, 0.15) is 11.6 Å². The van der Waals surface area contributed by atoms with Gasteiger partial charge in [0.2, 0.25) is 0 Å². The maximum absolute atomic E-state index is 8.57. The zero-order valence-corrected chi connectivity index (χ0v) is 15.6. The Kier molecular flexibility index (Phi) is 7.45. The molecular formula is C21H26N4O2. The van der Waals surface area contributed by atoms with Gasteiger partial charge in [-0.25, -0.2) is 4.98 Å². The molecule has 1 fully saturated rings. The van der Waals surface area contributed by atoms with Crippen molar-refractivity contribution in [2.75, 3.05) is 37.8 Å². The zero-order chi connectivity index (χ0) is 18.7. The Balaban J connectivity index is 1.52. The number of ether oxygens (including phenoxy) is 2. The second kappa shape index (κ2) is 10.5. The summed E-state index contributed by atoms with van der Waals surface area (Å²) in [6.07, 6.45) is 3.13. The predicted molar refractivity (Wildman–Crippen MR) is 105 cm³/mol. The number of hydrogen-bond acceptors (Lipinski definition) is 6. The molecule has 3 rings (SSSR count). The highest BCUT2D eigenvalue weighted by Crippen LogP contribution is 2.19. The fourth-order valence-electron chi connectivity index (χ4n) is 3.06. The molecule has 0 spiro atoms. The molecule has 27 heavy (non-hydrogen) atoms. The molecule has 0 atom stereocenters. The van der Waals surface area contributed by atoms with E-state index in [2.05, 4.69) is 33.4 Å². The van der Waals surface area contributed by atoms with E-state index in [0.717, 1.165) is 57.4 Å². The van der Waals surface area contributed by atoms with Crippen molar-refractivity contribution in [2.24, 2.45) is 0 Å². The van der Waals surface area contributed by atoms with Crippen LogP contribution >= 0.6 is 0 Å². The maximum Gasteiger partial charge on any atom is 0.133 e. The van der Waals surface area contributed by atoms with Gasteiger partial charge in [-0.15, -0.1) is 0 Å². The highest BCUT2D eigenvalue weighted by molar-refractivity contribution is 5.47. The number of nitrogens with zero attached hydrogens (tertiary/aromatic N) is 3. The van der Waals surface area contributed by atoms with Crippen LogP contribution in [0.4, 0.5) is 5.82 Å². The minimum Gasteiger partial charge on any atom is -0.494 e. The summed E-state index contributed by atoms with van der Waals surface area (Å²) in [6, 6.07) is 14.3. The molecule has 1 aliphatic rings. The lowest BCUT2D eigenvalue weighted by atomic mass is 10.2. The molecule has 0 aliphatic carbocycles. The number of hydrogen-bond donors (Lipinski definition) is 1. The third-order valence-corrected chi connectivity index (χ3v) is 4.42. The molecule has 1 aliphatic heterocycles. The third-order valence-electron chi connectivity index (χ3n) is 4.42. The second-order valence-corrected chi connectivity index (χ2v) is 6.45. The van der Waals surface area contributed by atoms with Crippen molar-refractivity contribution >= 4 is 5.82 Å². The van der Waals surface area contributed by atoms with Crippen molar-refractivity contribution < 1.29 is 9.47 Å². The van der Waals surface area contributed by atoms with E-state index in [1.165, 1.54) is 11.1 Å². The summed E-state index contributed by atoms with van der Waals surface area (Å²) < 4.78 is 11.1. The lowest BCUT2D eigenvalue weighted by Crippen LogP contribution is -2.37. The Bertz CT molecular complexity index is 754. The van der Waals surface area contributed by atoms with Crippen LogP contribution in [0, 0.1) is 11.3 Å². The Morgan fingerprint density at radius 1 is 1.19 bits per heavy atom. The molecule has 1 aromatic carbocycles. The monoisotopic (exact) mass is 366 g/mol. The largest absolute Gasteiger partial charge is 0.494 e. The van der Waals surface area contributed by atoms with E-state index in [1.807, 2.05) is 30.5 Å². The zero-order valence-electron chi connectivity index (χ0n) is 15.6. The Morgan fingerprint density at radius 2 is 2.07 bits per heavy atom. The average Bonchev–Trinajstić information content (AvgIpc) is 2.73. The van der Waals surface area contributed by atoms with Crippen LogP contribution in [-0.4, -0.2) is 37.9 Å². The lowest BCUT2D eigenvalue weighted by molar-refractivity contribution is 0.122. The van der Waals surface area contributed by atoms with Crippen LogP contribution in [0.1, 0.15) is 24.0 Å². The molecule has 6 nitrogen and oxygen atoms in total. The van der Waals surface area contributed by atoms with Gasteiger partial charge < -0.3 is 19.7 Å². The van der Waals surface area contributed by atoms with E-state index in [0.29, 0.717) is 13.0 Å². The quantitative estimate of drug-likeness (QED) is 0.688. The third kappa shape index (κ3) is 5.95. The van der Waals surface area contributed by atoms with Crippen LogP contribution in [0.25, 0.3) is 0 Å².